The van der Waals surface area contributed by atoms with Gasteiger partial charge in [0, 0.05) is 5.33 Å². The van der Waals surface area contributed by atoms with Gasteiger partial charge in [0.25, 0.3) is 0 Å². The van der Waals surface area contributed by atoms with Crippen LogP contribution in [0.3, 0.4) is 0 Å². The Kier molecular flexibility index (Phi) is 7.05. The lowest BCUT2D eigenvalue weighted by atomic mass is 9.76. The molecule has 0 aliphatic rings. The maximum absolute atomic E-state index is 3.38. The molecule has 0 aliphatic carbocycles. The van der Waals surface area contributed by atoms with E-state index in [1.165, 1.54) is 31.8 Å². The minimum Gasteiger partial charge on any atom is -0.0928 e. The van der Waals surface area contributed by atoms with Crippen molar-refractivity contribution in [1.82, 2.24) is 0 Å². The molecule has 0 heterocycles. The van der Waals surface area contributed by atoms with Crippen LogP contribution in [0, 0.1) is 0 Å². The molecule has 0 saturated heterocycles. The summed E-state index contributed by atoms with van der Waals surface area (Å²) in [4.78, 5) is 0. The molecule has 0 unspecified atom stereocenters. The Morgan fingerprint density at radius 1 is 1.43 bits per heavy atom. The van der Waals surface area contributed by atoms with E-state index in [4.69, 9.17) is 0 Å². The highest BCUT2D eigenvalue weighted by molar-refractivity contribution is 9.09. The summed E-state index contributed by atoms with van der Waals surface area (Å²) in [5, 5.41) is 1.17. The van der Waals surface area contributed by atoms with Crippen molar-refractivity contribution in [3.63, 3.8) is 0 Å². The third kappa shape index (κ3) is 6.54. The second-order valence-corrected chi connectivity index (χ2v) is 2.54. The van der Waals surface area contributed by atoms with Gasteiger partial charge in [-0.25, -0.2) is 0 Å². The third-order valence-corrected chi connectivity index (χ3v) is 1.55. The van der Waals surface area contributed by atoms with E-state index in [2.05, 4.69) is 22.8 Å². The molecule has 0 N–H and O–H groups in total. The van der Waals surface area contributed by atoms with Gasteiger partial charge in [-0.1, -0.05) is 35.5 Å². The van der Waals surface area contributed by atoms with Crippen molar-refractivity contribution in [3.05, 3.63) is 0 Å². The molecule has 0 saturated carbocycles. The van der Waals surface area contributed by atoms with Crippen molar-refractivity contribution in [2.75, 3.05) is 5.33 Å². The van der Waals surface area contributed by atoms with Crippen molar-refractivity contribution in [1.29, 1.82) is 0 Å². The zero-order chi connectivity index (χ0) is 5.54. The van der Waals surface area contributed by atoms with Gasteiger partial charge in [0.1, 0.15) is 7.28 Å². The van der Waals surface area contributed by atoms with Crippen LogP contribution in [0.15, 0.2) is 0 Å². The van der Waals surface area contributed by atoms with Crippen LogP contribution in [0.25, 0.3) is 0 Å². The average molecular weight is 163 g/mol. The van der Waals surface area contributed by atoms with Gasteiger partial charge in [0.2, 0.25) is 0 Å². The van der Waals surface area contributed by atoms with E-state index in [0.29, 0.717) is 0 Å². The zero-order valence-corrected chi connectivity index (χ0v) is 6.50. The summed E-state index contributed by atoms with van der Waals surface area (Å²) in [7, 11) is 1.34. The molecule has 0 fully saturated rings. The fraction of sp³-hybridized carbons (Fsp3) is 1.00. The SMILES string of the molecule is CBCCCCBr. The van der Waals surface area contributed by atoms with E-state index in [-0.39, 0.29) is 0 Å². The lowest BCUT2D eigenvalue weighted by Crippen LogP contribution is -1.80. The molecule has 0 aromatic rings. The normalized spacial score (nSPS) is 8.86. The molecule has 0 bridgehead atoms. The van der Waals surface area contributed by atoms with Gasteiger partial charge in [-0.3, -0.25) is 0 Å². The maximum atomic E-state index is 3.38. The highest BCUT2D eigenvalue weighted by atomic mass is 79.9. The number of hydrogen-bond acceptors (Lipinski definition) is 0. The fourth-order valence-corrected chi connectivity index (χ4v) is 0.918. The summed E-state index contributed by atoms with van der Waals surface area (Å²) in [6, 6.07) is 0. The first kappa shape index (κ1) is 7.54. The largest absolute Gasteiger partial charge is 0.117 e. The summed E-state index contributed by atoms with van der Waals surface area (Å²) < 4.78 is 0. The average Bonchev–Trinajstić information content (AvgIpc) is 1.69. The number of alkyl halides is 1. The second kappa shape index (κ2) is 6.54. The van der Waals surface area contributed by atoms with Crippen molar-refractivity contribution >= 4 is 23.2 Å². The smallest absolute Gasteiger partial charge is 0.0928 e. The molecule has 0 aliphatic heterocycles. The van der Waals surface area contributed by atoms with Gasteiger partial charge in [-0.05, 0) is 6.42 Å². The quantitative estimate of drug-likeness (QED) is 0.338. The van der Waals surface area contributed by atoms with Crippen LogP contribution in [-0.2, 0) is 0 Å². The van der Waals surface area contributed by atoms with Crippen molar-refractivity contribution < 1.29 is 0 Å². The van der Waals surface area contributed by atoms with E-state index in [1.807, 2.05) is 0 Å². The minimum absolute atomic E-state index is 1.17. The van der Waals surface area contributed by atoms with Crippen LogP contribution in [0.5, 0.6) is 0 Å². The monoisotopic (exact) mass is 162 g/mol. The lowest BCUT2D eigenvalue weighted by Gasteiger charge is -1.88. The Morgan fingerprint density at radius 2 is 2.14 bits per heavy atom. The van der Waals surface area contributed by atoms with E-state index in [1.54, 1.807) is 0 Å². The molecule has 2 heteroatoms. The number of hydrogen-bond donors (Lipinski definition) is 0. The van der Waals surface area contributed by atoms with Crippen LogP contribution in [0.1, 0.15) is 12.8 Å². The highest BCUT2D eigenvalue weighted by Crippen LogP contribution is 1.97. The Labute approximate surface area is 55.1 Å². The van der Waals surface area contributed by atoms with Crippen molar-refractivity contribution in [2.24, 2.45) is 0 Å². The Balaban J connectivity index is 2.45. The van der Waals surface area contributed by atoms with Crippen molar-refractivity contribution in [2.45, 2.75) is 26.0 Å². The number of rotatable bonds is 4. The minimum atomic E-state index is 1.17. The molecule has 0 radical (unpaired) electrons. The number of halogens is 1. The fourth-order valence-electron chi connectivity index (χ4n) is 0.521. The Hall–Kier alpha value is 0.545. The standard InChI is InChI=1S/C5H12BBr/c1-6-4-2-3-5-7/h6H,2-5H2,1H3. The van der Waals surface area contributed by atoms with Gasteiger partial charge in [-0.2, -0.15) is 0 Å². The van der Waals surface area contributed by atoms with Gasteiger partial charge < -0.3 is 0 Å². The van der Waals surface area contributed by atoms with Gasteiger partial charge in [-0.15, -0.1) is 0 Å². The predicted octanol–water partition coefficient (Wildman–Crippen LogP) is 2.06. The second-order valence-electron chi connectivity index (χ2n) is 1.75. The number of unbranched alkanes of at least 4 members (excludes halogenated alkanes) is 1. The molecule has 0 rings (SSSR count). The Bertz CT molecular complexity index is 27.3. The molecule has 42 valence electrons. The molecule has 0 amide bonds. The highest BCUT2D eigenvalue weighted by Gasteiger charge is 1.82. The van der Waals surface area contributed by atoms with Crippen LogP contribution >= 0.6 is 15.9 Å². The predicted molar refractivity (Wildman–Crippen MR) is 40.8 cm³/mol. The topological polar surface area (TPSA) is 0 Å². The van der Waals surface area contributed by atoms with E-state index in [9.17, 15) is 0 Å². The molecule has 0 atom stereocenters. The summed E-state index contributed by atoms with van der Waals surface area (Å²) in [6.45, 7) is 2.23. The summed E-state index contributed by atoms with van der Waals surface area (Å²) >= 11 is 3.38. The molecule has 0 aromatic heterocycles. The van der Waals surface area contributed by atoms with Crippen LogP contribution in [-0.4, -0.2) is 12.6 Å². The molecule has 0 spiro atoms. The van der Waals surface area contributed by atoms with Gasteiger partial charge >= 0.3 is 0 Å². The van der Waals surface area contributed by atoms with E-state index in [0.717, 1.165) is 0 Å². The first-order valence-corrected chi connectivity index (χ1v) is 4.10. The summed E-state index contributed by atoms with van der Waals surface area (Å²) in [5.74, 6) is 0. The van der Waals surface area contributed by atoms with E-state index >= 15 is 0 Å². The molecular formula is C5H12BBr. The lowest BCUT2D eigenvalue weighted by molar-refractivity contribution is 0.896. The molecule has 7 heavy (non-hydrogen) atoms. The van der Waals surface area contributed by atoms with Gasteiger partial charge in [0.15, 0.2) is 0 Å². The maximum Gasteiger partial charge on any atom is 0.117 e. The summed E-state index contributed by atoms with van der Waals surface area (Å²) in [6.07, 6.45) is 4.13. The Morgan fingerprint density at radius 3 is 2.57 bits per heavy atom. The van der Waals surface area contributed by atoms with E-state index < -0.39 is 0 Å². The first-order valence-electron chi connectivity index (χ1n) is 2.97. The van der Waals surface area contributed by atoms with Crippen LogP contribution in [0.4, 0.5) is 0 Å². The third-order valence-electron chi connectivity index (χ3n) is 0.987. The van der Waals surface area contributed by atoms with Crippen LogP contribution < -0.4 is 0 Å². The van der Waals surface area contributed by atoms with Crippen molar-refractivity contribution in [3.8, 4) is 0 Å². The van der Waals surface area contributed by atoms with Crippen LogP contribution in [0.2, 0.25) is 13.1 Å². The molecule has 0 aromatic carbocycles. The molecule has 0 nitrogen and oxygen atoms in total. The summed E-state index contributed by atoms with van der Waals surface area (Å²) in [5.41, 5.74) is 0. The molecular weight excluding hydrogens is 151 g/mol. The first-order chi connectivity index (χ1) is 3.41. The zero-order valence-electron chi connectivity index (χ0n) is 4.91. The van der Waals surface area contributed by atoms with Gasteiger partial charge in [0.05, 0.1) is 0 Å².